The number of ether oxygens (including phenoxy) is 1. The molecule has 0 bridgehead atoms. The predicted molar refractivity (Wildman–Crippen MR) is 121 cm³/mol. The zero-order chi connectivity index (χ0) is 20.4. The molecule has 6 nitrogen and oxygen atoms in total. The zero-order valence-corrected chi connectivity index (χ0v) is 18.1. The van der Waals surface area contributed by atoms with Gasteiger partial charge in [0, 0.05) is 28.3 Å². The topological polar surface area (TPSA) is 63.2 Å². The highest BCUT2D eigenvalue weighted by Crippen LogP contribution is 2.35. The Hall–Kier alpha value is -2.77. The highest BCUT2D eigenvalue weighted by atomic mass is 79.9. The van der Waals surface area contributed by atoms with E-state index in [1.165, 1.54) is 0 Å². The van der Waals surface area contributed by atoms with E-state index in [0.717, 1.165) is 44.3 Å². The third-order valence-electron chi connectivity index (χ3n) is 4.49. The third-order valence-corrected chi connectivity index (χ3v) is 4.94. The minimum Gasteiger partial charge on any atom is -0.488 e. The molecule has 0 unspecified atom stereocenters. The Bertz CT molecular complexity index is 1160. The fourth-order valence-corrected chi connectivity index (χ4v) is 3.78. The van der Waals surface area contributed by atoms with Crippen LogP contribution in [0.1, 0.15) is 6.92 Å². The Labute approximate surface area is 178 Å². The van der Waals surface area contributed by atoms with Crippen LogP contribution in [-0.2, 0) is 0 Å². The van der Waals surface area contributed by atoms with Crippen LogP contribution in [0.25, 0.3) is 21.8 Å². The fraction of sp³-hybridized carbons (Fsp3) is 0.227. The summed E-state index contributed by atoms with van der Waals surface area (Å²) in [5, 5.41) is 5.36. The van der Waals surface area contributed by atoms with Crippen LogP contribution in [0.4, 0.5) is 11.5 Å². The molecule has 1 atom stereocenters. The van der Waals surface area contributed by atoms with Gasteiger partial charge < -0.3 is 15.0 Å². The number of likely N-dealkylation sites (N-methyl/N-ethyl adjacent to an activating group) is 1. The van der Waals surface area contributed by atoms with Crippen molar-refractivity contribution in [1.82, 2.24) is 19.9 Å². The number of fused-ring (bicyclic) bond motifs is 2. The van der Waals surface area contributed by atoms with E-state index in [-0.39, 0.29) is 6.10 Å². The smallest absolute Gasteiger partial charge is 0.145 e. The summed E-state index contributed by atoms with van der Waals surface area (Å²) in [6, 6.07) is 14.0. The van der Waals surface area contributed by atoms with Crippen molar-refractivity contribution < 1.29 is 4.74 Å². The van der Waals surface area contributed by atoms with E-state index in [1.54, 1.807) is 12.5 Å². The number of pyridine rings is 1. The molecule has 1 N–H and O–H groups in total. The average molecular weight is 452 g/mol. The van der Waals surface area contributed by atoms with E-state index in [0.29, 0.717) is 5.82 Å². The second-order valence-corrected chi connectivity index (χ2v) is 8.16. The number of anilines is 2. The first-order valence-electron chi connectivity index (χ1n) is 9.37. The third kappa shape index (κ3) is 4.46. The van der Waals surface area contributed by atoms with Crippen molar-refractivity contribution in [2.75, 3.05) is 26.0 Å². The van der Waals surface area contributed by atoms with Crippen molar-refractivity contribution in [2.45, 2.75) is 13.0 Å². The van der Waals surface area contributed by atoms with Crippen molar-refractivity contribution in [3.8, 4) is 5.75 Å². The summed E-state index contributed by atoms with van der Waals surface area (Å²) in [5.41, 5.74) is 2.64. The van der Waals surface area contributed by atoms with Crippen LogP contribution < -0.4 is 10.1 Å². The molecule has 0 fully saturated rings. The molecule has 4 rings (SSSR count). The number of aromatic nitrogens is 3. The molecule has 0 saturated heterocycles. The molecule has 0 aliphatic heterocycles. The highest BCUT2D eigenvalue weighted by Gasteiger charge is 2.15. The standard InChI is InChI=1S/C22H22BrN5O/c1-14(12-28(2)3)29-20-10-16(23)9-19-21(20)22(26-13-25-19)27-17-7-6-15-5-4-8-24-18(15)11-17/h4-11,13-14H,12H2,1-3H3,(H,25,26,27)/t14-/m1/s1. The van der Waals surface area contributed by atoms with Crippen LogP contribution in [0.2, 0.25) is 0 Å². The Kier molecular flexibility index (Phi) is 5.60. The number of rotatable bonds is 6. The molecule has 29 heavy (non-hydrogen) atoms. The Morgan fingerprint density at radius 1 is 1.07 bits per heavy atom. The maximum atomic E-state index is 6.26. The van der Waals surface area contributed by atoms with E-state index in [1.807, 2.05) is 56.6 Å². The molecule has 4 aromatic rings. The zero-order valence-electron chi connectivity index (χ0n) is 16.6. The lowest BCUT2D eigenvalue weighted by Crippen LogP contribution is -2.28. The second kappa shape index (κ2) is 8.31. The fourth-order valence-electron chi connectivity index (χ4n) is 3.36. The van der Waals surface area contributed by atoms with Crippen LogP contribution in [0.15, 0.2) is 59.5 Å². The van der Waals surface area contributed by atoms with Gasteiger partial charge in [-0.1, -0.05) is 28.1 Å². The van der Waals surface area contributed by atoms with E-state index in [9.17, 15) is 0 Å². The van der Waals surface area contributed by atoms with Gasteiger partial charge in [-0.2, -0.15) is 0 Å². The maximum absolute atomic E-state index is 6.26. The number of nitrogens with zero attached hydrogens (tertiary/aromatic N) is 4. The van der Waals surface area contributed by atoms with Crippen LogP contribution in [0, 0.1) is 0 Å². The number of benzene rings is 2. The summed E-state index contributed by atoms with van der Waals surface area (Å²) >= 11 is 3.56. The van der Waals surface area contributed by atoms with Crippen molar-refractivity contribution in [3.63, 3.8) is 0 Å². The Balaban J connectivity index is 1.75. The lowest BCUT2D eigenvalue weighted by atomic mass is 10.2. The maximum Gasteiger partial charge on any atom is 0.145 e. The summed E-state index contributed by atoms with van der Waals surface area (Å²) in [7, 11) is 4.06. The minimum absolute atomic E-state index is 0.0143. The highest BCUT2D eigenvalue weighted by molar-refractivity contribution is 9.10. The predicted octanol–water partition coefficient (Wildman–Crippen LogP) is 5.01. The lowest BCUT2D eigenvalue weighted by Gasteiger charge is -2.20. The van der Waals surface area contributed by atoms with Crippen LogP contribution in [0.3, 0.4) is 0 Å². The SMILES string of the molecule is C[C@H](CN(C)C)Oc1cc(Br)cc2ncnc(Nc3ccc4cccnc4c3)c12. The summed E-state index contributed by atoms with van der Waals surface area (Å²) in [6.45, 7) is 2.86. The molecule has 0 spiro atoms. The molecule has 0 amide bonds. The Morgan fingerprint density at radius 2 is 1.93 bits per heavy atom. The van der Waals surface area contributed by atoms with E-state index >= 15 is 0 Å². The van der Waals surface area contributed by atoms with Gasteiger partial charge in [-0.05, 0) is 51.4 Å². The summed E-state index contributed by atoms with van der Waals surface area (Å²) < 4.78 is 7.18. The van der Waals surface area contributed by atoms with Gasteiger partial charge in [-0.15, -0.1) is 0 Å². The number of hydrogen-bond donors (Lipinski definition) is 1. The van der Waals surface area contributed by atoms with Crippen LogP contribution in [0.5, 0.6) is 5.75 Å². The summed E-state index contributed by atoms with van der Waals surface area (Å²) in [4.78, 5) is 15.5. The molecular formula is C22H22BrN5O. The van der Waals surface area contributed by atoms with Gasteiger partial charge in [0.25, 0.3) is 0 Å². The van der Waals surface area contributed by atoms with Crippen molar-refractivity contribution >= 4 is 49.2 Å². The monoisotopic (exact) mass is 451 g/mol. The van der Waals surface area contributed by atoms with Gasteiger partial charge >= 0.3 is 0 Å². The first-order chi connectivity index (χ1) is 14.0. The molecule has 2 heterocycles. The molecule has 0 radical (unpaired) electrons. The molecule has 7 heteroatoms. The molecule has 148 valence electrons. The van der Waals surface area contributed by atoms with Crippen LogP contribution >= 0.6 is 15.9 Å². The van der Waals surface area contributed by atoms with Gasteiger partial charge in [0.2, 0.25) is 0 Å². The quantitative estimate of drug-likeness (QED) is 0.444. The van der Waals surface area contributed by atoms with Gasteiger partial charge in [0.1, 0.15) is 24.0 Å². The largest absolute Gasteiger partial charge is 0.488 e. The molecular weight excluding hydrogens is 430 g/mol. The molecule has 2 aromatic heterocycles. The van der Waals surface area contributed by atoms with Crippen molar-refractivity contribution in [2.24, 2.45) is 0 Å². The lowest BCUT2D eigenvalue weighted by molar-refractivity contribution is 0.179. The molecule has 2 aromatic carbocycles. The Morgan fingerprint density at radius 3 is 2.76 bits per heavy atom. The average Bonchev–Trinajstić information content (AvgIpc) is 2.67. The van der Waals surface area contributed by atoms with Gasteiger partial charge in [-0.25, -0.2) is 9.97 Å². The number of nitrogens with one attached hydrogen (secondary N) is 1. The van der Waals surface area contributed by atoms with E-state index in [2.05, 4.69) is 48.0 Å². The molecule has 0 saturated carbocycles. The van der Waals surface area contributed by atoms with E-state index < -0.39 is 0 Å². The van der Waals surface area contributed by atoms with Crippen molar-refractivity contribution in [3.05, 3.63) is 59.5 Å². The molecule has 0 aliphatic carbocycles. The van der Waals surface area contributed by atoms with Gasteiger partial charge in [0.05, 0.1) is 16.4 Å². The first kappa shape index (κ1) is 19.5. The second-order valence-electron chi connectivity index (χ2n) is 7.25. The van der Waals surface area contributed by atoms with Gasteiger partial charge in [-0.3, -0.25) is 4.98 Å². The van der Waals surface area contributed by atoms with E-state index in [4.69, 9.17) is 4.74 Å². The van der Waals surface area contributed by atoms with Gasteiger partial charge in [0.15, 0.2) is 0 Å². The minimum atomic E-state index is 0.0143. The van der Waals surface area contributed by atoms with Crippen molar-refractivity contribution in [1.29, 1.82) is 0 Å². The normalized spacial score (nSPS) is 12.4. The number of hydrogen-bond acceptors (Lipinski definition) is 6. The first-order valence-corrected chi connectivity index (χ1v) is 10.2. The summed E-state index contributed by atoms with van der Waals surface area (Å²) in [6.07, 6.45) is 3.37. The summed E-state index contributed by atoms with van der Waals surface area (Å²) in [5.74, 6) is 1.44. The van der Waals surface area contributed by atoms with Crippen LogP contribution in [-0.4, -0.2) is 46.6 Å². The molecule has 0 aliphatic rings. The number of halogens is 1.